The van der Waals surface area contributed by atoms with Crippen molar-refractivity contribution < 1.29 is 13.3 Å². The van der Waals surface area contributed by atoms with E-state index in [1.54, 1.807) is 0 Å². The lowest BCUT2D eigenvalue weighted by atomic mass is 10.1. The first-order chi connectivity index (χ1) is 11.0. The molecule has 2 aromatic carbocycles. The smallest absolute Gasteiger partial charge is 0.258 e. The highest BCUT2D eigenvalue weighted by Crippen LogP contribution is 2.36. The summed E-state index contributed by atoms with van der Waals surface area (Å²) in [5.41, 5.74) is 0.848. The summed E-state index contributed by atoms with van der Waals surface area (Å²) >= 11 is 0. The molecule has 1 saturated heterocycles. The minimum atomic E-state index is -3.67. The number of non-ortho nitro benzene ring substituents is 1. The van der Waals surface area contributed by atoms with Gasteiger partial charge in [-0.15, -0.1) is 0 Å². The Balaban J connectivity index is 1.93. The van der Waals surface area contributed by atoms with Crippen molar-refractivity contribution in [3.8, 4) is 0 Å². The first-order valence-corrected chi connectivity index (χ1v) is 8.75. The zero-order valence-corrected chi connectivity index (χ0v) is 13.1. The van der Waals surface area contributed by atoms with Crippen LogP contribution in [-0.2, 0) is 10.0 Å². The van der Waals surface area contributed by atoms with Crippen molar-refractivity contribution in [3.63, 3.8) is 0 Å². The van der Waals surface area contributed by atoms with E-state index in [1.807, 2.05) is 30.3 Å². The average Bonchev–Trinajstić information content (AvgIpc) is 3.06. The topological polar surface area (TPSA) is 80.5 Å². The molecule has 1 atom stereocenters. The zero-order valence-electron chi connectivity index (χ0n) is 12.3. The molecule has 0 N–H and O–H groups in total. The summed E-state index contributed by atoms with van der Waals surface area (Å²) in [4.78, 5) is 10.2. The standard InChI is InChI=1S/C16H16N2O4S/c19-18(20)14-8-10-15(11-9-14)23(21,22)17-12-4-7-16(17)13-5-2-1-3-6-13/h1-3,5-6,8-11,16H,4,7,12H2. The predicted octanol–water partition coefficient (Wildman–Crippen LogP) is 3.12. The maximum atomic E-state index is 12.9. The summed E-state index contributed by atoms with van der Waals surface area (Å²) < 4.78 is 27.2. The predicted molar refractivity (Wildman–Crippen MR) is 85.4 cm³/mol. The maximum Gasteiger partial charge on any atom is 0.269 e. The largest absolute Gasteiger partial charge is 0.269 e. The lowest BCUT2D eigenvalue weighted by molar-refractivity contribution is -0.384. The van der Waals surface area contributed by atoms with Crippen molar-refractivity contribution in [2.75, 3.05) is 6.54 Å². The highest BCUT2D eigenvalue weighted by atomic mass is 32.2. The molecule has 1 unspecified atom stereocenters. The van der Waals surface area contributed by atoms with Gasteiger partial charge in [0.15, 0.2) is 0 Å². The second-order valence-corrected chi connectivity index (χ2v) is 7.33. The van der Waals surface area contributed by atoms with E-state index in [9.17, 15) is 18.5 Å². The number of nitrogens with zero attached hydrogens (tertiary/aromatic N) is 2. The summed E-state index contributed by atoms with van der Waals surface area (Å²) in [6.45, 7) is 0.457. The Labute approximate surface area is 134 Å². The van der Waals surface area contributed by atoms with Crippen LogP contribution in [0, 0.1) is 10.1 Å². The molecule has 23 heavy (non-hydrogen) atoms. The Bertz CT molecular complexity index is 804. The second kappa shape index (κ2) is 6.10. The quantitative estimate of drug-likeness (QED) is 0.636. The minimum absolute atomic E-state index is 0.0888. The molecular formula is C16H16N2O4S. The Morgan fingerprint density at radius 2 is 1.70 bits per heavy atom. The molecule has 6 nitrogen and oxygen atoms in total. The van der Waals surface area contributed by atoms with Crippen LogP contribution >= 0.6 is 0 Å². The van der Waals surface area contributed by atoms with Gasteiger partial charge < -0.3 is 0 Å². The molecule has 0 saturated carbocycles. The van der Waals surface area contributed by atoms with Crippen LogP contribution < -0.4 is 0 Å². The first-order valence-electron chi connectivity index (χ1n) is 7.31. The van der Waals surface area contributed by atoms with Gasteiger partial charge in [-0.3, -0.25) is 10.1 Å². The van der Waals surface area contributed by atoms with Gasteiger partial charge in [-0.2, -0.15) is 4.31 Å². The number of hydrogen-bond acceptors (Lipinski definition) is 4. The number of rotatable bonds is 4. The fraction of sp³-hybridized carbons (Fsp3) is 0.250. The van der Waals surface area contributed by atoms with Crippen LogP contribution in [0.3, 0.4) is 0 Å². The van der Waals surface area contributed by atoms with Crippen molar-refractivity contribution in [1.29, 1.82) is 0 Å². The lowest BCUT2D eigenvalue weighted by Crippen LogP contribution is -2.30. The van der Waals surface area contributed by atoms with Gasteiger partial charge in [0, 0.05) is 18.7 Å². The molecule has 120 valence electrons. The van der Waals surface area contributed by atoms with Crippen LogP contribution in [0.4, 0.5) is 5.69 Å². The molecule has 0 radical (unpaired) electrons. The molecule has 0 spiro atoms. The van der Waals surface area contributed by atoms with Crippen LogP contribution in [0.25, 0.3) is 0 Å². The van der Waals surface area contributed by atoms with Crippen LogP contribution in [0.1, 0.15) is 24.4 Å². The minimum Gasteiger partial charge on any atom is -0.258 e. The summed E-state index contributed by atoms with van der Waals surface area (Å²) in [5, 5.41) is 10.7. The van der Waals surface area contributed by atoms with E-state index in [1.165, 1.54) is 28.6 Å². The summed E-state index contributed by atoms with van der Waals surface area (Å²) in [6.07, 6.45) is 1.57. The molecule has 2 aromatic rings. The summed E-state index contributed by atoms with van der Waals surface area (Å²) in [5.74, 6) is 0. The van der Waals surface area contributed by atoms with Crippen molar-refractivity contribution in [3.05, 3.63) is 70.3 Å². The Hall–Kier alpha value is -2.25. The van der Waals surface area contributed by atoms with E-state index in [-0.39, 0.29) is 16.6 Å². The van der Waals surface area contributed by atoms with Crippen molar-refractivity contribution >= 4 is 15.7 Å². The second-order valence-electron chi connectivity index (χ2n) is 5.44. The van der Waals surface area contributed by atoms with E-state index in [4.69, 9.17) is 0 Å². The van der Waals surface area contributed by atoms with Gasteiger partial charge in [-0.25, -0.2) is 8.42 Å². The average molecular weight is 332 g/mol. The normalized spacial score (nSPS) is 18.9. The molecule has 1 fully saturated rings. The van der Waals surface area contributed by atoms with Crippen LogP contribution in [-0.4, -0.2) is 24.2 Å². The van der Waals surface area contributed by atoms with E-state index < -0.39 is 14.9 Å². The summed E-state index contributed by atoms with van der Waals surface area (Å²) in [7, 11) is -3.67. The third kappa shape index (κ3) is 2.97. The highest BCUT2D eigenvalue weighted by Gasteiger charge is 2.36. The van der Waals surface area contributed by atoms with Crippen LogP contribution in [0.5, 0.6) is 0 Å². The van der Waals surface area contributed by atoms with Gasteiger partial charge >= 0.3 is 0 Å². The maximum absolute atomic E-state index is 12.9. The Morgan fingerprint density at radius 3 is 2.30 bits per heavy atom. The van der Waals surface area contributed by atoms with Crippen LogP contribution in [0.2, 0.25) is 0 Å². The van der Waals surface area contributed by atoms with E-state index >= 15 is 0 Å². The highest BCUT2D eigenvalue weighted by molar-refractivity contribution is 7.89. The number of sulfonamides is 1. The zero-order chi connectivity index (χ0) is 16.4. The van der Waals surface area contributed by atoms with E-state index in [2.05, 4.69) is 0 Å². The first kappa shape index (κ1) is 15.6. The fourth-order valence-corrected chi connectivity index (χ4v) is 4.59. The molecule has 1 aliphatic heterocycles. The lowest BCUT2D eigenvalue weighted by Gasteiger charge is -2.24. The van der Waals surface area contributed by atoms with Gasteiger partial charge in [0.25, 0.3) is 5.69 Å². The number of benzene rings is 2. The van der Waals surface area contributed by atoms with E-state index in [0.717, 1.165) is 18.4 Å². The molecule has 0 aromatic heterocycles. The van der Waals surface area contributed by atoms with Crippen molar-refractivity contribution in [1.82, 2.24) is 4.31 Å². The van der Waals surface area contributed by atoms with Crippen molar-refractivity contribution in [2.24, 2.45) is 0 Å². The SMILES string of the molecule is O=[N+]([O-])c1ccc(S(=O)(=O)N2CCCC2c2ccccc2)cc1. The molecule has 1 heterocycles. The monoisotopic (exact) mass is 332 g/mol. The molecule has 1 aliphatic rings. The van der Waals surface area contributed by atoms with Crippen LogP contribution in [0.15, 0.2) is 59.5 Å². The third-order valence-electron chi connectivity index (χ3n) is 4.04. The van der Waals surface area contributed by atoms with Gasteiger partial charge in [-0.05, 0) is 30.5 Å². The Kier molecular flexibility index (Phi) is 4.14. The van der Waals surface area contributed by atoms with E-state index in [0.29, 0.717) is 6.54 Å². The molecule has 3 rings (SSSR count). The molecule has 0 bridgehead atoms. The summed E-state index contributed by atoms with van der Waals surface area (Å²) in [6, 6.07) is 14.4. The number of nitro benzene ring substituents is 1. The van der Waals surface area contributed by atoms with Gasteiger partial charge in [0.1, 0.15) is 0 Å². The molecular weight excluding hydrogens is 316 g/mol. The van der Waals surface area contributed by atoms with Gasteiger partial charge in [-0.1, -0.05) is 30.3 Å². The molecule has 7 heteroatoms. The number of nitro groups is 1. The van der Waals surface area contributed by atoms with Crippen molar-refractivity contribution in [2.45, 2.75) is 23.8 Å². The third-order valence-corrected chi connectivity index (χ3v) is 5.96. The molecule has 0 aliphatic carbocycles. The van der Waals surface area contributed by atoms with Gasteiger partial charge in [0.2, 0.25) is 10.0 Å². The Morgan fingerprint density at radius 1 is 1.04 bits per heavy atom. The number of hydrogen-bond donors (Lipinski definition) is 0. The van der Waals surface area contributed by atoms with Gasteiger partial charge in [0.05, 0.1) is 15.9 Å². The molecule has 0 amide bonds. The fourth-order valence-electron chi connectivity index (χ4n) is 2.91.